The molecule has 0 unspecified atom stereocenters. The molecule has 6 heteroatoms. The van der Waals surface area contributed by atoms with Gasteiger partial charge in [0, 0.05) is 11.8 Å². The summed E-state index contributed by atoms with van der Waals surface area (Å²) in [7, 11) is 0. The van der Waals surface area contributed by atoms with Crippen molar-refractivity contribution < 1.29 is 9.21 Å². The van der Waals surface area contributed by atoms with E-state index < -0.39 is 0 Å². The molecule has 0 atom stereocenters. The molecule has 112 valence electrons. The van der Waals surface area contributed by atoms with E-state index in [9.17, 15) is 9.59 Å². The fourth-order valence-electron chi connectivity index (χ4n) is 1.89. The Morgan fingerprint density at radius 3 is 3.00 bits per heavy atom. The molecule has 0 aliphatic heterocycles. The van der Waals surface area contributed by atoms with Gasteiger partial charge >= 0.3 is 0 Å². The first-order chi connectivity index (χ1) is 10.2. The summed E-state index contributed by atoms with van der Waals surface area (Å²) in [6.07, 6.45) is 5.82. The van der Waals surface area contributed by atoms with E-state index in [0.29, 0.717) is 12.3 Å². The lowest BCUT2D eigenvalue weighted by molar-refractivity contribution is -0.122. The number of furan rings is 1. The molecule has 2 aromatic heterocycles. The van der Waals surface area contributed by atoms with Crippen LogP contribution >= 0.6 is 0 Å². The third kappa shape index (κ3) is 4.59. The lowest BCUT2D eigenvalue weighted by atomic mass is 10.2. The van der Waals surface area contributed by atoms with Gasteiger partial charge in [0.1, 0.15) is 12.3 Å². The highest BCUT2D eigenvalue weighted by Gasteiger charge is 2.06. The standard InChI is InChI=1S/C15H19N3O3/c1-2-3-5-12-8-15(20)18(11-17-12)10-14(19)16-9-13-6-4-7-21-13/h4,6-8,11H,2-3,5,9-10H2,1H3,(H,16,19). The number of aryl methyl sites for hydroxylation is 1. The zero-order chi connectivity index (χ0) is 15.1. The summed E-state index contributed by atoms with van der Waals surface area (Å²) < 4.78 is 6.41. The molecule has 0 bridgehead atoms. The van der Waals surface area contributed by atoms with Crippen LogP contribution in [0.25, 0.3) is 0 Å². The van der Waals surface area contributed by atoms with Gasteiger partial charge in [0.15, 0.2) is 0 Å². The highest BCUT2D eigenvalue weighted by molar-refractivity contribution is 5.75. The van der Waals surface area contributed by atoms with Crippen molar-refractivity contribution in [1.82, 2.24) is 14.9 Å². The predicted molar refractivity (Wildman–Crippen MR) is 77.7 cm³/mol. The number of amides is 1. The molecule has 0 fully saturated rings. The number of hydrogen-bond acceptors (Lipinski definition) is 4. The second-order valence-corrected chi connectivity index (χ2v) is 4.81. The molecule has 0 saturated carbocycles. The van der Waals surface area contributed by atoms with E-state index in [-0.39, 0.29) is 18.0 Å². The van der Waals surface area contributed by atoms with Gasteiger partial charge in [-0.15, -0.1) is 0 Å². The number of carbonyl (C=O) groups excluding carboxylic acids is 1. The zero-order valence-electron chi connectivity index (χ0n) is 12.0. The van der Waals surface area contributed by atoms with Crippen LogP contribution in [0.3, 0.4) is 0 Å². The molecule has 21 heavy (non-hydrogen) atoms. The summed E-state index contributed by atoms with van der Waals surface area (Å²) in [4.78, 5) is 27.9. The minimum Gasteiger partial charge on any atom is -0.467 e. The summed E-state index contributed by atoms with van der Waals surface area (Å²) in [6.45, 7) is 2.35. The molecule has 0 aliphatic carbocycles. The SMILES string of the molecule is CCCCc1cc(=O)n(CC(=O)NCc2ccco2)cn1. The van der Waals surface area contributed by atoms with Gasteiger partial charge in [0.25, 0.3) is 5.56 Å². The summed E-state index contributed by atoms with van der Waals surface area (Å²) in [5, 5.41) is 2.69. The van der Waals surface area contributed by atoms with Gasteiger partial charge in [0.05, 0.1) is 19.1 Å². The molecule has 0 aromatic carbocycles. The molecular formula is C15H19N3O3. The first-order valence-electron chi connectivity index (χ1n) is 7.03. The van der Waals surface area contributed by atoms with E-state index >= 15 is 0 Å². The van der Waals surface area contributed by atoms with Gasteiger partial charge in [-0.2, -0.15) is 0 Å². The molecule has 2 aromatic rings. The van der Waals surface area contributed by atoms with Crippen molar-refractivity contribution in [2.45, 2.75) is 39.3 Å². The van der Waals surface area contributed by atoms with Crippen molar-refractivity contribution >= 4 is 5.91 Å². The number of carbonyl (C=O) groups is 1. The molecule has 2 rings (SSSR count). The first kappa shape index (κ1) is 15.0. The molecule has 0 spiro atoms. The van der Waals surface area contributed by atoms with E-state index in [1.54, 1.807) is 18.4 Å². The average Bonchev–Trinajstić information content (AvgIpc) is 2.99. The Morgan fingerprint density at radius 2 is 2.33 bits per heavy atom. The van der Waals surface area contributed by atoms with Crippen LogP contribution in [0.5, 0.6) is 0 Å². The van der Waals surface area contributed by atoms with Crippen molar-refractivity contribution in [1.29, 1.82) is 0 Å². The number of nitrogens with zero attached hydrogens (tertiary/aromatic N) is 2. The lowest BCUT2D eigenvalue weighted by Crippen LogP contribution is -2.32. The molecule has 1 amide bonds. The molecular weight excluding hydrogens is 270 g/mol. The van der Waals surface area contributed by atoms with Crippen molar-refractivity contribution in [2.24, 2.45) is 0 Å². The second kappa shape index (κ2) is 7.42. The van der Waals surface area contributed by atoms with Gasteiger partial charge in [-0.05, 0) is 25.0 Å². The average molecular weight is 289 g/mol. The van der Waals surface area contributed by atoms with Crippen LogP contribution in [0.1, 0.15) is 31.2 Å². The number of nitrogens with one attached hydrogen (secondary N) is 1. The molecule has 1 N–H and O–H groups in total. The van der Waals surface area contributed by atoms with Gasteiger partial charge in [-0.1, -0.05) is 13.3 Å². The number of hydrogen-bond donors (Lipinski definition) is 1. The highest BCUT2D eigenvalue weighted by atomic mass is 16.3. The summed E-state index contributed by atoms with van der Waals surface area (Å²) >= 11 is 0. The Morgan fingerprint density at radius 1 is 1.48 bits per heavy atom. The van der Waals surface area contributed by atoms with Crippen molar-refractivity contribution in [3.05, 3.63) is 52.6 Å². The maximum absolute atomic E-state index is 11.9. The van der Waals surface area contributed by atoms with E-state index in [1.807, 2.05) is 0 Å². The highest BCUT2D eigenvalue weighted by Crippen LogP contribution is 1.99. The van der Waals surface area contributed by atoms with Crippen molar-refractivity contribution in [3.8, 4) is 0 Å². The summed E-state index contributed by atoms with van der Waals surface area (Å²) in [6, 6.07) is 5.02. The van der Waals surface area contributed by atoms with E-state index in [1.165, 1.54) is 17.0 Å². The van der Waals surface area contributed by atoms with Crippen LogP contribution < -0.4 is 10.9 Å². The zero-order valence-corrected chi connectivity index (χ0v) is 12.0. The Kier molecular flexibility index (Phi) is 5.31. The molecule has 2 heterocycles. The molecule has 6 nitrogen and oxygen atoms in total. The van der Waals surface area contributed by atoms with Crippen LogP contribution in [0.15, 0.2) is 40.0 Å². The third-order valence-corrected chi connectivity index (χ3v) is 3.08. The minimum absolute atomic E-state index is 0.0411. The minimum atomic E-state index is -0.253. The number of rotatable bonds is 7. The topological polar surface area (TPSA) is 77.1 Å². The van der Waals surface area contributed by atoms with Gasteiger partial charge < -0.3 is 9.73 Å². The molecule has 0 aliphatic rings. The Hall–Kier alpha value is -2.37. The Labute approximate surface area is 122 Å². The van der Waals surface area contributed by atoms with Crippen molar-refractivity contribution in [2.75, 3.05) is 0 Å². The van der Waals surface area contributed by atoms with Crippen molar-refractivity contribution in [3.63, 3.8) is 0 Å². The smallest absolute Gasteiger partial charge is 0.253 e. The van der Waals surface area contributed by atoms with Crippen LogP contribution in [-0.4, -0.2) is 15.5 Å². The van der Waals surface area contributed by atoms with Gasteiger partial charge in [-0.25, -0.2) is 4.98 Å². The van der Waals surface area contributed by atoms with Crippen LogP contribution in [0.4, 0.5) is 0 Å². The number of aromatic nitrogens is 2. The molecule has 0 radical (unpaired) electrons. The quantitative estimate of drug-likeness (QED) is 0.838. The fourth-order valence-corrected chi connectivity index (χ4v) is 1.89. The second-order valence-electron chi connectivity index (χ2n) is 4.81. The molecule has 0 saturated heterocycles. The normalized spacial score (nSPS) is 10.5. The predicted octanol–water partition coefficient (Wildman–Crippen LogP) is 1.50. The Bertz CT molecular complexity index is 632. The third-order valence-electron chi connectivity index (χ3n) is 3.08. The van der Waals surface area contributed by atoms with E-state index in [4.69, 9.17) is 4.42 Å². The fraction of sp³-hybridized carbons (Fsp3) is 0.400. The van der Waals surface area contributed by atoms with Crippen LogP contribution in [0, 0.1) is 0 Å². The first-order valence-corrected chi connectivity index (χ1v) is 7.03. The van der Waals surface area contributed by atoms with Crippen LogP contribution in [-0.2, 0) is 24.3 Å². The van der Waals surface area contributed by atoms with E-state index in [2.05, 4.69) is 17.2 Å². The lowest BCUT2D eigenvalue weighted by Gasteiger charge is -2.07. The van der Waals surface area contributed by atoms with Gasteiger partial charge in [0.2, 0.25) is 5.91 Å². The van der Waals surface area contributed by atoms with Crippen LogP contribution in [0.2, 0.25) is 0 Å². The van der Waals surface area contributed by atoms with E-state index in [0.717, 1.165) is 25.0 Å². The monoisotopic (exact) mass is 289 g/mol. The Balaban J connectivity index is 1.89. The maximum Gasteiger partial charge on any atom is 0.253 e. The largest absolute Gasteiger partial charge is 0.467 e. The number of unbranched alkanes of at least 4 members (excludes halogenated alkanes) is 1. The summed E-state index contributed by atoms with van der Waals surface area (Å²) in [5.41, 5.74) is 0.568. The van der Waals surface area contributed by atoms with Gasteiger partial charge in [-0.3, -0.25) is 14.2 Å². The maximum atomic E-state index is 11.9. The summed E-state index contributed by atoms with van der Waals surface area (Å²) in [5.74, 6) is 0.417.